The van der Waals surface area contributed by atoms with E-state index in [1.165, 1.54) is 0 Å². The van der Waals surface area contributed by atoms with E-state index in [-0.39, 0.29) is 5.91 Å². The fourth-order valence-corrected chi connectivity index (χ4v) is 3.76. The van der Waals surface area contributed by atoms with E-state index in [2.05, 4.69) is 20.9 Å². The Hall–Kier alpha value is -3.51. The zero-order valence-corrected chi connectivity index (χ0v) is 17.7. The first kappa shape index (κ1) is 20.8. The third kappa shape index (κ3) is 5.16. The minimum Gasteiger partial charge on any atom is -0.370 e. The van der Waals surface area contributed by atoms with Gasteiger partial charge in [0.1, 0.15) is 0 Å². The summed E-state index contributed by atoms with van der Waals surface area (Å²) in [6, 6.07) is 21.2. The molecule has 1 fully saturated rings. The van der Waals surface area contributed by atoms with Gasteiger partial charge in [0, 0.05) is 24.3 Å². The molecule has 0 spiro atoms. The smallest absolute Gasteiger partial charge is 0.323 e. The molecule has 0 bridgehead atoms. The van der Waals surface area contributed by atoms with Gasteiger partial charge in [0.25, 0.3) is 5.91 Å². The van der Waals surface area contributed by atoms with Crippen molar-refractivity contribution in [3.63, 3.8) is 0 Å². The van der Waals surface area contributed by atoms with Crippen LogP contribution in [0.15, 0.2) is 72.8 Å². The molecule has 3 N–H and O–H groups in total. The Morgan fingerprint density at radius 3 is 2.19 bits per heavy atom. The van der Waals surface area contributed by atoms with E-state index in [0.717, 1.165) is 31.6 Å². The van der Waals surface area contributed by atoms with E-state index < -0.39 is 6.03 Å². The SMILES string of the molecule is O=C(Nc1ccccc1Cl)Nc1cc(NC(=O)c2ccccc2)ccc1N1CCCC1. The zero-order chi connectivity index (χ0) is 21.6. The summed E-state index contributed by atoms with van der Waals surface area (Å²) in [7, 11) is 0. The lowest BCUT2D eigenvalue weighted by Gasteiger charge is -2.22. The minimum atomic E-state index is -0.403. The Labute approximate surface area is 186 Å². The maximum Gasteiger partial charge on any atom is 0.323 e. The lowest BCUT2D eigenvalue weighted by Crippen LogP contribution is -2.24. The molecule has 1 heterocycles. The molecule has 0 atom stereocenters. The summed E-state index contributed by atoms with van der Waals surface area (Å²) in [4.78, 5) is 27.4. The fourth-order valence-electron chi connectivity index (χ4n) is 3.58. The van der Waals surface area contributed by atoms with Crippen LogP contribution in [-0.4, -0.2) is 25.0 Å². The molecule has 0 radical (unpaired) electrons. The van der Waals surface area contributed by atoms with Gasteiger partial charge in [0.2, 0.25) is 0 Å². The monoisotopic (exact) mass is 434 g/mol. The second-order valence-corrected chi connectivity index (χ2v) is 7.71. The standard InChI is InChI=1S/C24H23ClN4O2/c25-19-10-4-5-11-20(19)27-24(31)28-21-16-18(12-13-22(21)29-14-6-7-15-29)26-23(30)17-8-2-1-3-9-17/h1-5,8-13,16H,6-7,14-15H2,(H,26,30)(H2,27,28,31). The Kier molecular flexibility index (Phi) is 6.38. The number of carbonyl (C=O) groups excluding carboxylic acids is 2. The highest BCUT2D eigenvalue weighted by Gasteiger charge is 2.18. The average Bonchev–Trinajstić information content (AvgIpc) is 3.31. The number of amides is 3. The fraction of sp³-hybridized carbons (Fsp3) is 0.167. The van der Waals surface area contributed by atoms with Crippen molar-refractivity contribution >= 4 is 46.3 Å². The van der Waals surface area contributed by atoms with Crippen molar-refractivity contribution in [1.82, 2.24) is 0 Å². The molecular formula is C24H23ClN4O2. The van der Waals surface area contributed by atoms with E-state index in [1.54, 1.807) is 42.5 Å². The first-order chi connectivity index (χ1) is 15.1. The average molecular weight is 435 g/mol. The van der Waals surface area contributed by atoms with Gasteiger partial charge in [0.15, 0.2) is 0 Å². The minimum absolute atomic E-state index is 0.207. The largest absolute Gasteiger partial charge is 0.370 e. The summed E-state index contributed by atoms with van der Waals surface area (Å²) in [5.74, 6) is -0.207. The van der Waals surface area contributed by atoms with Crippen LogP contribution in [0.25, 0.3) is 0 Å². The van der Waals surface area contributed by atoms with Crippen LogP contribution in [0.5, 0.6) is 0 Å². The molecule has 4 rings (SSSR count). The Bertz CT molecular complexity index is 1080. The number of rotatable bonds is 5. The number of benzene rings is 3. The molecule has 0 saturated carbocycles. The number of hydrogen-bond donors (Lipinski definition) is 3. The first-order valence-corrected chi connectivity index (χ1v) is 10.6. The molecule has 1 aliphatic heterocycles. The van der Waals surface area contributed by atoms with Crippen molar-refractivity contribution in [2.75, 3.05) is 33.9 Å². The highest BCUT2D eigenvalue weighted by molar-refractivity contribution is 6.33. The Balaban J connectivity index is 1.55. The number of nitrogens with zero attached hydrogens (tertiary/aromatic N) is 1. The number of carbonyl (C=O) groups is 2. The molecule has 1 aliphatic rings. The number of hydrogen-bond acceptors (Lipinski definition) is 3. The van der Waals surface area contributed by atoms with Gasteiger partial charge >= 0.3 is 6.03 Å². The van der Waals surface area contributed by atoms with Gasteiger partial charge in [-0.05, 0) is 55.3 Å². The van der Waals surface area contributed by atoms with Gasteiger partial charge in [-0.25, -0.2) is 4.79 Å². The molecule has 158 valence electrons. The highest BCUT2D eigenvalue weighted by Crippen LogP contribution is 2.32. The number of para-hydroxylation sites is 1. The predicted octanol–water partition coefficient (Wildman–Crippen LogP) is 5.84. The van der Waals surface area contributed by atoms with Crippen molar-refractivity contribution in [3.8, 4) is 0 Å². The van der Waals surface area contributed by atoms with Crippen molar-refractivity contribution in [1.29, 1.82) is 0 Å². The third-order valence-corrected chi connectivity index (χ3v) is 5.44. The number of nitrogens with one attached hydrogen (secondary N) is 3. The van der Waals surface area contributed by atoms with Crippen LogP contribution in [0.1, 0.15) is 23.2 Å². The van der Waals surface area contributed by atoms with Crippen molar-refractivity contribution in [2.45, 2.75) is 12.8 Å². The lowest BCUT2D eigenvalue weighted by atomic mass is 10.2. The van der Waals surface area contributed by atoms with Gasteiger partial charge in [-0.2, -0.15) is 0 Å². The first-order valence-electron chi connectivity index (χ1n) is 10.2. The highest BCUT2D eigenvalue weighted by atomic mass is 35.5. The van der Waals surface area contributed by atoms with Crippen LogP contribution in [0.3, 0.4) is 0 Å². The van der Waals surface area contributed by atoms with Crippen LogP contribution >= 0.6 is 11.6 Å². The van der Waals surface area contributed by atoms with Gasteiger partial charge in [0.05, 0.1) is 22.1 Å². The molecule has 1 saturated heterocycles. The van der Waals surface area contributed by atoms with Crippen LogP contribution in [-0.2, 0) is 0 Å². The zero-order valence-electron chi connectivity index (χ0n) is 16.9. The molecule has 3 amide bonds. The van der Waals surface area contributed by atoms with Crippen molar-refractivity contribution in [3.05, 3.63) is 83.4 Å². The second kappa shape index (κ2) is 9.53. The van der Waals surface area contributed by atoms with Crippen LogP contribution < -0.4 is 20.9 Å². The lowest BCUT2D eigenvalue weighted by molar-refractivity contribution is 0.102. The van der Waals surface area contributed by atoms with Gasteiger partial charge < -0.3 is 20.9 Å². The maximum absolute atomic E-state index is 12.7. The number of anilines is 4. The van der Waals surface area contributed by atoms with Gasteiger partial charge in [-0.1, -0.05) is 41.9 Å². The molecule has 7 heteroatoms. The number of halogens is 1. The topological polar surface area (TPSA) is 73.5 Å². The van der Waals surface area contributed by atoms with E-state index in [1.807, 2.05) is 30.3 Å². The van der Waals surface area contributed by atoms with E-state index in [4.69, 9.17) is 11.6 Å². The van der Waals surface area contributed by atoms with Crippen molar-refractivity contribution in [2.24, 2.45) is 0 Å². The molecule has 0 aliphatic carbocycles. The van der Waals surface area contributed by atoms with Crippen LogP contribution in [0.4, 0.5) is 27.5 Å². The van der Waals surface area contributed by atoms with Gasteiger partial charge in [-0.15, -0.1) is 0 Å². The second-order valence-electron chi connectivity index (χ2n) is 7.31. The molecule has 3 aromatic carbocycles. The molecule has 0 aromatic heterocycles. The molecule has 3 aromatic rings. The van der Waals surface area contributed by atoms with Crippen molar-refractivity contribution < 1.29 is 9.59 Å². The summed E-state index contributed by atoms with van der Waals surface area (Å²) in [5.41, 5.74) is 3.24. The Morgan fingerprint density at radius 2 is 1.45 bits per heavy atom. The third-order valence-electron chi connectivity index (χ3n) is 5.11. The molecule has 31 heavy (non-hydrogen) atoms. The number of urea groups is 1. The van der Waals surface area contributed by atoms with Gasteiger partial charge in [-0.3, -0.25) is 4.79 Å². The van der Waals surface area contributed by atoms with Crippen LogP contribution in [0, 0.1) is 0 Å². The Morgan fingerprint density at radius 1 is 0.774 bits per heavy atom. The van der Waals surface area contributed by atoms with Crippen LogP contribution in [0.2, 0.25) is 5.02 Å². The quantitative estimate of drug-likeness (QED) is 0.472. The van der Waals surface area contributed by atoms with E-state index >= 15 is 0 Å². The van der Waals surface area contributed by atoms with E-state index in [0.29, 0.717) is 27.6 Å². The summed E-state index contributed by atoms with van der Waals surface area (Å²) < 4.78 is 0. The molecule has 0 unspecified atom stereocenters. The predicted molar refractivity (Wildman–Crippen MR) is 126 cm³/mol. The normalized spacial score (nSPS) is 13.0. The summed E-state index contributed by atoms with van der Waals surface area (Å²) in [6.07, 6.45) is 2.22. The summed E-state index contributed by atoms with van der Waals surface area (Å²) >= 11 is 6.15. The van der Waals surface area contributed by atoms with E-state index in [9.17, 15) is 9.59 Å². The molecular weight excluding hydrogens is 412 g/mol. The maximum atomic E-state index is 12.7. The summed E-state index contributed by atoms with van der Waals surface area (Å²) in [5, 5.41) is 9.05. The molecule has 6 nitrogen and oxygen atoms in total. The summed E-state index contributed by atoms with van der Waals surface area (Å²) in [6.45, 7) is 1.85.